The van der Waals surface area contributed by atoms with Crippen molar-refractivity contribution in [1.82, 2.24) is 14.8 Å². The molecule has 0 atom stereocenters. The Kier molecular flexibility index (Phi) is 4.61. The molecule has 0 fully saturated rings. The molecule has 2 aromatic heterocycles. The summed E-state index contributed by atoms with van der Waals surface area (Å²) in [6.07, 6.45) is -4.40. The Morgan fingerprint density at radius 2 is 1.76 bits per heavy atom. The zero-order chi connectivity index (χ0) is 20.6. The second kappa shape index (κ2) is 7.12. The molecular formula is C19H14F3N3O4. The molecule has 7 nitrogen and oxygen atoms in total. The summed E-state index contributed by atoms with van der Waals surface area (Å²) in [5.74, 6) is 0.00417. The van der Waals surface area contributed by atoms with Crippen molar-refractivity contribution in [2.24, 2.45) is 0 Å². The van der Waals surface area contributed by atoms with Crippen molar-refractivity contribution in [3.8, 4) is 16.9 Å². The summed E-state index contributed by atoms with van der Waals surface area (Å²) in [7, 11) is 0. The molecule has 4 rings (SSSR count). The fraction of sp³-hybridized carbons (Fsp3) is 0.211. The van der Waals surface area contributed by atoms with E-state index in [0.717, 1.165) is 0 Å². The number of oxazole rings is 1. The molecule has 0 saturated carbocycles. The lowest BCUT2D eigenvalue weighted by Crippen LogP contribution is -2.16. The molecule has 0 aliphatic rings. The van der Waals surface area contributed by atoms with Crippen molar-refractivity contribution < 1.29 is 26.7 Å². The lowest BCUT2D eigenvalue weighted by atomic mass is 10.1. The first-order valence-corrected chi connectivity index (χ1v) is 8.57. The van der Waals surface area contributed by atoms with Gasteiger partial charge in [-0.3, -0.25) is 4.57 Å². The summed E-state index contributed by atoms with van der Waals surface area (Å²) in [5.41, 5.74) is 2.32. The molecule has 0 spiro atoms. The van der Waals surface area contributed by atoms with Crippen molar-refractivity contribution in [2.75, 3.05) is 0 Å². The molecule has 0 aliphatic carbocycles. The van der Waals surface area contributed by atoms with Gasteiger partial charge in [0.05, 0.1) is 5.52 Å². The van der Waals surface area contributed by atoms with E-state index in [2.05, 4.69) is 14.9 Å². The summed E-state index contributed by atoms with van der Waals surface area (Å²) < 4.78 is 52.8. The van der Waals surface area contributed by atoms with Crippen LogP contribution in [0.4, 0.5) is 13.2 Å². The molecule has 10 heteroatoms. The average Bonchev–Trinajstić information content (AvgIpc) is 3.21. The number of fused-ring (bicyclic) bond motifs is 1. The minimum absolute atomic E-state index is 0.273. The number of ether oxygens (including phenoxy) is 1. The van der Waals surface area contributed by atoms with Crippen molar-refractivity contribution in [1.29, 1.82) is 0 Å². The van der Waals surface area contributed by atoms with Gasteiger partial charge in [-0.2, -0.15) is 0 Å². The first-order valence-electron chi connectivity index (χ1n) is 8.57. The third-order valence-electron chi connectivity index (χ3n) is 4.21. The smallest absolute Gasteiger partial charge is 0.426 e. The summed E-state index contributed by atoms with van der Waals surface area (Å²) in [6, 6.07) is 10.6. The van der Waals surface area contributed by atoms with Crippen LogP contribution in [0, 0.1) is 6.92 Å². The predicted octanol–water partition coefficient (Wildman–Crippen LogP) is 4.09. The van der Waals surface area contributed by atoms with E-state index < -0.39 is 12.1 Å². The first-order chi connectivity index (χ1) is 13.8. The van der Waals surface area contributed by atoms with Gasteiger partial charge in [0.15, 0.2) is 5.58 Å². The normalized spacial score (nSPS) is 11.9. The molecule has 2 aromatic carbocycles. The van der Waals surface area contributed by atoms with Crippen molar-refractivity contribution >= 4 is 11.1 Å². The van der Waals surface area contributed by atoms with Gasteiger partial charge in [-0.05, 0) is 35.4 Å². The van der Waals surface area contributed by atoms with Crippen LogP contribution in [0.25, 0.3) is 22.2 Å². The van der Waals surface area contributed by atoms with Crippen LogP contribution in [0.3, 0.4) is 0 Å². The molecule has 0 aliphatic heterocycles. The molecule has 29 heavy (non-hydrogen) atoms. The van der Waals surface area contributed by atoms with E-state index in [9.17, 15) is 18.0 Å². The van der Waals surface area contributed by atoms with Crippen LogP contribution < -0.4 is 10.5 Å². The molecule has 0 saturated heterocycles. The second-order valence-corrected chi connectivity index (χ2v) is 6.24. The fourth-order valence-electron chi connectivity index (χ4n) is 2.95. The minimum Gasteiger partial charge on any atom is -0.426 e. The van der Waals surface area contributed by atoms with E-state index >= 15 is 0 Å². The highest BCUT2D eigenvalue weighted by Gasteiger charge is 2.31. The number of hydrogen-bond acceptors (Lipinski definition) is 6. The Morgan fingerprint density at radius 1 is 1.03 bits per heavy atom. The van der Waals surface area contributed by atoms with Crippen LogP contribution in [0.2, 0.25) is 0 Å². The van der Waals surface area contributed by atoms with Crippen molar-refractivity contribution in [3.05, 3.63) is 64.8 Å². The molecule has 0 radical (unpaired) electrons. The largest absolute Gasteiger partial charge is 0.573 e. The maximum atomic E-state index is 12.3. The number of aromatic nitrogens is 3. The number of halogens is 3. The van der Waals surface area contributed by atoms with Crippen LogP contribution in [0.5, 0.6) is 5.75 Å². The zero-order valence-corrected chi connectivity index (χ0v) is 15.1. The quantitative estimate of drug-likeness (QED) is 0.497. The summed E-state index contributed by atoms with van der Waals surface area (Å²) in [5, 5.41) is 7.65. The van der Waals surface area contributed by atoms with Crippen LogP contribution in [-0.4, -0.2) is 21.1 Å². The van der Waals surface area contributed by atoms with Crippen molar-refractivity contribution in [2.45, 2.75) is 26.3 Å². The maximum absolute atomic E-state index is 12.3. The monoisotopic (exact) mass is 405 g/mol. The number of aryl methyl sites for hydroxylation is 3. The van der Waals surface area contributed by atoms with Gasteiger partial charge in [0.25, 0.3) is 0 Å². The van der Waals surface area contributed by atoms with Gasteiger partial charge in [0.2, 0.25) is 11.8 Å². The average molecular weight is 405 g/mol. The predicted molar refractivity (Wildman–Crippen MR) is 95.3 cm³/mol. The van der Waals surface area contributed by atoms with Crippen LogP contribution in [0.15, 0.2) is 56.1 Å². The second-order valence-electron chi connectivity index (χ2n) is 6.24. The van der Waals surface area contributed by atoms with Gasteiger partial charge in [-0.25, -0.2) is 4.79 Å². The Hall–Kier alpha value is -3.56. The Bertz CT molecular complexity index is 1210. The van der Waals surface area contributed by atoms with Gasteiger partial charge < -0.3 is 13.6 Å². The number of alkyl halides is 3. The van der Waals surface area contributed by atoms with Gasteiger partial charge in [-0.1, -0.05) is 18.2 Å². The first kappa shape index (κ1) is 18.8. The highest BCUT2D eigenvalue weighted by Crippen LogP contribution is 2.28. The molecule has 0 unspecified atom stereocenters. The molecule has 150 valence electrons. The summed E-state index contributed by atoms with van der Waals surface area (Å²) >= 11 is 0. The van der Waals surface area contributed by atoms with E-state index in [4.69, 9.17) is 8.83 Å². The van der Waals surface area contributed by atoms with Crippen LogP contribution in [-0.2, 0) is 13.0 Å². The summed E-state index contributed by atoms with van der Waals surface area (Å²) in [4.78, 5) is 12.2. The molecule has 0 N–H and O–H groups in total. The highest BCUT2D eigenvalue weighted by molar-refractivity contribution is 5.80. The zero-order valence-electron chi connectivity index (χ0n) is 15.1. The van der Waals surface area contributed by atoms with Gasteiger partial charge in [0.1, 0.15) is 5.75 Å². The van der Waals surface area contributed by atoms with Gasteiger partial charge in [0, 0.05) is 19.9 Å². The molecule has 2 heterocycles. The number of nitrogens with zero attached hydrogens (tertiary/aromatic N) is 3. The lowest BCUT2D eigenvalue weighted by molar-refractivity contribution is -0.274. The standard InChI is InChI=1S/C19H14F3N3O4/c1-11-23-24-17(27-11)8-9-25-15-10-13(4-7-16(15)28-18(25)26)12-2-5-14(6-3-12)29-19(20,21)22/h2-7,10H,8-9H2,1H3. The third kappa shape index (κ3) is 4.15. The number of hydrogen-bond donors (Lipinski definition) is 0. The highest BCUT2D eigenvalue weighted by atomic mass is 19.4. The van der Waals surface area contributed by atoms with Crippen LogP contribution >= 0.6 is 0 Å². The Morgan fingerprint density at radius 3 is 2.41 bits per heavy atom. The van der Waals surface area contributed by atoms with E-state index in [-0.39, 0.29) is 12.3 Å². The molecule has 4 aromatic rings. The van der Waals surface area contributed by atoms with Gasteiger partial charge in [-0.15, -0.1) is 23.4 Å². The molecule has 0 amide bonds. The topological polar surface area (TPSA) is 83.3 Å². The van der Waals surface area contributed by atoms with E-state index in [0.29, 0.717) is 40.4 Å². The van der Waals surface area contributed by atoms with E-state index in [1.54, 1.807) is 25.1 Å². The minimum atomic E-state index is -4.75. The molecule has 0 bridgehead atoms. The van der Waals surface area contributed by atoms with Crippen LogP contribution in [0.1, 0.15) is 11.8 Å². The Labute approximate surface area is 161 Å². The van der Waals surface area contributed by atoms with Crippen molar-refractivity contribution in [3.63, 3.8) is 0 Å². The number of benzene rings is 2. The summed E-state index contributed by atoms with van der Waals surface area (Å²) in [6.45, 7) is 1.95. The fourth-order valence-corrected chi connectivity index (χ4v) is 2.95. The SMILES string of the molecule is Cc1nnc(CCn2c(=O)oc3ccc(-c4ccc(OC(F)(F)F)cc4)cc32)o1. The van der Waals surface area contributed by atoms with Gasteiger partial charge >= 0.3 is 12.1 Å². The lowest BCUT2D eigenvalue weighted by Gasteiger charge is -2.09. The van der Waals surface area contributed by atoms with E-state index in [1.165, 1.54) is 28.8 Å². The van der Waals surface area contributed by atoms with E-state index in [1.807, 2.05) is 0 Å². The maximum Gasteiger partial charge on any atom is 0.573 e. The number of rotatable bonds is 5. The molecular weight excluding hydrogens is 391 g/mol. The Balaban J connectivity index is 1.62. The third-order valence-corrected chi connectivity index (χ3v) is 4.21.